The van der Waals surface area contributed by atoms with Crippen LogP contribution in [-0.2, 0) is 0 Å². The van der Waals surface area contributed by atoms with E-state index in [4.69, 9.17) is 11.6 Å². The van der Waals surface area contributed by atoms with E-state index in [0.717, 1.165) is 21.1 Å². The van der Waals surface area contributed by atoms with E-state index in [9.17, 15) is 5.26 Å². The number of hydrogen-bond donors (Lipinski definition) is 0. The van der Waals surface area contributed by atoms with Crippen LogP contribution in [0.4, 0.5) is 0 Å². The molecule has 0 fully saturated rings. The number of allylic oxidation sites excluding steroid dienone is 1. The summed E-state index contributed by atoms with van der Waals surface area (Å²) in [5.74, 6) is 0. The lowest BCUT2D eigenvalue weighted by Gasteiger charge is -2.02. The monoisotopic (exact) mass is 347 g/mol. The summed E-state index contributed by atoms with van der Waals surface area (Å²) < 4.78 is 1.05. The van der Waals surface area contributed by atoms with Gasteiger partial charge in [-0.15, -0.1) is 11.3 Å². The zero-order valence-electron chi connectivity index (χ0n) is 12.4. The zero-order chi connectivity index (χ0) is 16.5. The molecule has 3 nitrogen and oxygen atoms in total. The van der Waals surface area contributed by atoms with Gasteiger partial charge in [0, 0.05) is 10.9 Å². The van der Waals surface area contributed by atoms with Gasteiger partial charge >= 0.3 is 0 Å². The van der Waals surface area contributed by atoms with E-state index in [1.54, 1.807) is 6.08 Å². The van der Waals surface area contributed by atoms with Gasteiger partial charge in [-0.2, -0.15) is 5.26 Å². The number of halogens is 1. The van der Waals surface area contributed by atoms with E-state index >= 15 is 0 Å². The van der Waals surface area contributed by atoms with Gasteiger partial charge in [-0.3, -0.25) is 0 Å². The van der Waals surface area contributed by atoms with Gasteiger partial charge in [0.05, 0.1) is 21.3 Å². The number of thiazole rings is 1. The number of aromatic nitrogens is 2. The van der Waals surface area contributed by atoms with Crippen LogP contribution in [-0.4, -0.2) is 9.97 Å². The quantitative estimate of drug-likeness (QED) is 0.352. The molecule has 0 aliphatic carbocycles. The van der Waals surface area contributed by atoms with Crippen molar-refractivity contribution in [2.24, 2.45) is 0 Å². The average molecular weight is 348 g/mol. The topological polar surface area (TPSA) is 49.6 Å². The minimum Gasteiger partial charge on any atom is -0.235 e. The van der Waals surface area contributed by atoms with Gasteiger partial charge in [0.1, 0.15) is 16.2 Å². The first-order valence-corrected chi connectivity index (χ1v) is 8.47. The summed E-state index contributed by atoms with van der Waals surface area (Å²) in [6.07, 6.45) is 1.75. The highest BCUT2D eigenvalue weighted by Crippen LogP contribution is 2.30. The Morgan fingerprint density at radius 2 is 1.79 bits per heavy atom. The SMILES string of the molecule is N#CC(=Cc1cc2ccccc2nc1Cl)c1nc2ccccc2s1. The highest BCUT2D eigenvalue weighted by molar-refractivity contribution is 7.19. The summed E-state index contributed by atoms with van der Waals surface area (Å²) in [6, 6.07) is 19.8. The largest absolute Gasteiger partial charge is 0.235 e. The van der Waals surface area contributed by atoms with Gasteiger partial charge in [-0.1, -0.05) is 41.9 Å². The van der Waals surface area contributed by atoms with Gasteiger partial charge in [0.15, 0.2) is 0 Å². The Labute approximate surface area is 147 Å². The molecule has 0 radical (unpaired) electrons. The fourth-order valence-electron chi connectivity index (χ4n) is 2.49. The number of nitrogens with zero attached hydrogens (tertiary/aromatic N) is 3. The van der Waals surface area contributed by atoms with Crippen LogP contribution in [0.15, 0.2) is 54.6 Å². The highest BCUT2D eigenvalue weighted by atomic mass is 35.5. The van der Waals surface area contributed by atoms with Crippen LogP contribution in [0, 0.1) is 11.3 Å². The van der Waals surface area contributed by atoms with E-state index in [2.05, 4.69) is 16.0 Å². The van der Waals surface area contributed by atoms with E-state index in [-0.39, 0.29) is 0 Å². The number of hydrogen-bond acceptors (Lipinski definition) is 4. The standard InChI is InChI=1S/C19H10ClN3S/c20-18-13(9-12-5-1-2-6-15(12)22-18)10-14(11-21)19-23-16-7-3-4-8-17(16)24-19/h1-10H. The number of fused-ring (bicyclic) bond motifs is 2. The van der Waals surface area contributed by atoms with Crippen molar-refractivity contribution >= 4 is 55.7 Å². The van der Waals surface area contributed by atoms with Crippen molar-refractivity contribution in [1.82, 2.24) is 9.97 Å². The molecule has 4 aromatic rings. The van der Waals surface area contributed by atoms with E-state index < -0.39 is 0 Å². The van der Waals surface area contributed by atoms with Crippen molar-refractivity contribution in [3.05, 3.63) is 70.3 Å². The maximum Gasteiger partial charge on any atom is 0.137 e. The molecule has 0 aliphatic heterocycles. The summed E-state index contributed by atoms with van der Waals surface area (Å²) in [7, 11) is 0. The van der Waals surface area contributed by atoms with Crippen LogP contribution >= 0.6 is 22.9 Å². The molecule has 0 saturated carbocycles. The second kappa shape index (κ2) is 6.04. The normalized spacial score (nSPS) is 11.8. The molecule has 0 saturated heterocycles. The predicted molar refractivity (Wildman–Crippen MR) is 99.9 cm³/mol. The summed E-state index contributed by atoms with van der Waals surface area (Å²) in [6.45, 7) is 0. The minimum atomic E-state index is 0.377. The molecule has 2 aromatic carbocycles. The lowest BCUT2D eigenvalue weighted by atomic mass is 10.1. The van der Waals surface area contributed by atoms with Crippen molar-refractivity contribution in [2.75, 3.05) is 0 Å². The van der Waals surface area contributed by atoms with Gasteiger partial charge in [0.2, 0.25) is 0 Å². The molecule has 0 unspecified atom stereocenters. The molecule has 0 atom stereocenters. The molecular weight excluding hydrogens is 338 g/mol. The first-order valence-electron chi connectivity index (χ1n) is 7.27. The molecule has 114 valence electrons. The lowest BCUT2D eigenvalue weighted by molar-refractivity contribution is 1.39. The number of rotatable bonds is 2. The van der Waals surface area contributed by atoms with Gasteiger partial charge in [0.25, 0.3) is 0 Å². The highest BCUT2D eigenvalue weighted by Gasteiger charge is 2.10. The van der Waals surface area contributed by atoms with Crippen molar-refractivity contribution in [3.8, 4) is 6.07 Å². The molecule has 0 spiro atoms. The first kappa shape index (κ1) is 14.8. The Morgan fingerprint density at radius 3 is 2.58 bits per heavy atom. The second-order valence-corrected chi connectivity index (χ2v) is 6.61. The molecule has 0 bridgehead atoms. The zero-order valence-corrected chi connectivity index (χ0v) is 14.0. The molecule has 0 amide bonds. The number of pyridine rings is 1. The number of benzene rings is 2. The molecule has 0 N–H and O–H groups in total. The van der Waals surface area contributed by atoms with Gasteiger partial charge in [-0.05, 0) is 30.3 Å². The third-order valence-corrected chi connectivity index (χ3v) is 5.02. The van der Waals surface area contributed by atoms with Crippen molar-refractivity contribution < 1.29 is 0 Å². The predicted octanol–water partition coefficient (Wildman–Crippen LogP) is 5.56. The summed E-state index contributed by atoms with van der Waals surface area (Å²) >= 11 is 7.78. The Bertz CT molecular complexity index is 1110. The van der Waals surface area contributed by atoms with Gasteiger partial charge in [-0.25, -0.2) is 9.97 Å². The summed E-state index contributed by atoms with van der Waals surface area (Å²) in [5.41, 5.74) is 2.92. The minimum absolute atomic E-state index is 0.377. The van der Waals surface area contributed by atoms with Crippen LogP contribution < -0.4 is 0 Å². The average Bonchev–Trinajstić information content (AvgIpc) is 3.03. The maximum atomic E-state index is 9.55. The van der Waals surface area contributed by atoms with Crippen molar-refractivity contribution in [2.45, 2.75) is 0 Å². The fraction of sp³-hybridized carbons (Fsp3) is 0. The van der Waals surface area contributed by atoms with Crippen LogP contribution in [0.5, 0.6) is 0 Å². The Hall–Kier alpha value is -2.74. The van der Waals surface area contributed by atoms with Crippen LogP contribution in [0.25, 0.3) is 32.8 Å². The molecule has 2 heterocycles. The molecule has 2 aromatic heterocycles. The third kappa shape index (κ3) is 2.65. The van der Waals surface area contributed by atoms with Crippen molar-refractivity contribution in [3.63, 3.8) is 0 Å². The van der Waals surface area contributed by atoms with E-state index in [1.165, 1.54) is 11.3 Å². The second-order valence-electron chi connectivity index (χ2n) is 5.22. The molecule has 5 heteroatoms. The molecule has 4 rings (SSSR count). The number of para-hydroxylation sites is 2. The smallest absolute Gasteiger partial charge is 0.137 e. The Morgan fingerprint density at radius 1 is 1.04 bits per heavy atom. The Kier molecular flexibility index (Phi) is 3.73. The number of nitriles is 1. The van der Waals surface area contributed by atoms with Gasteiger partial charge < -0.3 is 0 Å². The fourth-order valence-corrected chi connectivity index (χ4v) is 3.63. The van der Waals surface area contributed by atoms with Crippen molar-refractivity contribution in [1.29, 1.82) is 5.26 Å². The summed E-state index contributed by atoms with van der Waals surface area (Å²) in [4.78, 5) is 8.93. The molecule has 24 heavy (non-hydrogen) atoms. The Balaban J connectivity index is 1.85. The first-order chi connectivity index (χ1) is 11.7. The molecular formula is C19H10ClN3S. The lowest BCUT2D eigenvalue weighted by Crippen LogP contribution is -1.86. The van der Waals surface area contributed by atoms with Crippen LogP contribution in [0.1, 0.15) is 10.6 Å². The van der Waals surface area contributed by atoms with Crippen LogP contribution in [0.3, 0.4) is 0 Å². The van der Waals surface area contributed by atoms with E-state index in [1.807, 2.05) is 54.6 Å². The third-order valence-electron chi connectivity index (χ3n) is 3.65. The summed E-state index contributed by atoms with van der Waals surface area (Å²) in [5, 5.41) is 11.6. The maximum absolute atomic E-state index is 9.55. The molecule has 0 aliphatic rings. The van der Waals surface area contributed by atoms with Crippen LogP contribution in [0.2, 0.25) is 5.15 Å². The van der Waals surface area contributed by atoms with E-state index in [0.29, 0.717) is 21.3 Å².